The summed E-state index contributed by atoms with van der Waals surface area (Å²) < 4.78 is 5.40. The second-order valence-corrected chi connectivity index (χ2v) is 4.68. The predicted molar refractivity (Wildman–Crippen MR) is 63.7 cm³/mol. The third-order valence-corrected chi connectivity index (χ3v) is 3.33. The largest absolute Gasteiger partial charge is 0.378 e. The van der Waals surface area contributed by atoms with E-state index in [0.29, 0.717) is 18.1 Å². The predicted octanol–water partition coefficient (Wildman–Crippen LogP) is 2.88. The van der Waals surface area contributed by atoms with Crippen LogP contribution in [0.5, 0.6) is 0 Å². The molecule has 0 radical (unpaired) electrons. The molecular formula is C13H15ClO2. The van der Waals surface area contributed by atoms with Gasteiger partial charge in [0.15, 0.2) is 0 Å². The van der Waals surface area contributed by atoms with Crippen LogP contribution in [-0.2, 0) is 16.0 Å². The number of halogens is 1. The monoisotopic (exact) mass is 238 g/mol. The SMILES string of the molecule is CC1OCCC1C(=O)Cc1ccc(Cl)cc1. The lowest BCUT2D eigenvalue weighted by atomic mass is 9.93. The van der Waals surface area contributed by atoms with Gasteiger partial charge in [-0.3, -0.25) is 4.79 Å². The molecule has 0 amide bonds. The van der Waals surface area contributed by atoms with Crippen molar-refractivity contribution in [2.75, 3.05) is 6.61 Å². The maximum atomic E-state index is 12.0. The topological polar surface area (TPSA) is 26.3 Å². The van der Waals surface area contributed by atoms with E-state index in [1.165, 1.54) is 0 Å². The average molecular weight is 239 g/mol. The first-order chi connectivity index (χ1) is 7.66. The van der Waals surface area contributed by atoms with Crippen molar-refractivity contribution < 1.29 is 9.53 Å². The van der Waals surface area contributed by atoms with Gasteiger partial charge in [0, 0.05) is 24.0 Å². The molecule has 1 aromatic carbocycles. The van der Waals surface area contributed by atoms with Gasteiger partial charge in [0.25, 0.3) is 0 Å². The lowest BCUT2D eigenvalue weighted by Gasteiger charge is -2.12. The van der Waals surface area contributed by atoms with Gasteiger partial charge < -0.3 is 4.74 Å². The molecule has 1 fully saturated rings. The van der Waals surface area contributed by atoms with E-state index in [4.69, 9.17) is 16.3 Å². The molecule has 1 saturated heterocycles. The Hall–Kier alpha value is -0.860. The van der Waals surface area contributed by atoms with Crippen molar-refractivity contribution in [2.24, 2.45) is 5.92 Å². The number of benzene rings is 1. The molecule has 16 heavy (non-hydrogen) atoms. The quantitative estimate of drug-likeness (QED) is 0.810. The Bertz CT molecular complexity index is 372. The van der Waals surface area contributed by atoms with Gasteiger partial charge in [0.05, 0.1) is 6.10 Å². The molecule has 86 valence electrons. The summed E-state index contributed by atoms with van der Waals surface area (Å²) in [4.78, 5) is 12.0. The summed E-state index contributed by atoms with van der Waals surface area (Å²) in [5.41, 5.74) is 1.02. The Balaban J connectivity index is 1.99. The summed E-state index contributed by atoms with van der Waals surface area (Å²) in [5.74, 6) is 0.336. The highest BCUT2D eigenvalue weighted by molar-refractivity contribution is 6.30. The normalized spacial score (nSPS) is 24.6. The molecule has 0 N–H and O–H groups in total. The maximum absolute atomic E-state index is 12.0. The minimum absolute atomic E-state index is 0.0654. The Kier molecular flexibility index (Phi) is 3.62. The smallest absolute Gasteiger partial charge is 0.142 e. The average Bonchev–Trinajstić information content (AvgIpc) is 2.68. The second-order valence-electron chi connectivity index (χ2n) is 4.24. The molecule has 0 spiro atoms. The van der Waals surface area contributed by atoms with Gasteiger partial charge in [0.2, 0.25) is 0 Å². The number of hydrogen-bond donors (Lipinski definition) is 0. The van der Waals surface area contributed by atoms with Crippen LogP contribution in [0, 0.1) is 5.92 Å². The van der Waals surface area contributed by atoms with Gasteiger partial charge in [-0.2, -0.15) is 0 Å². The number of ether oxygens (including phenoxy) is 1. The molecule has 2 rings (SSSR count). The summed E-state index contributed by atoms with van der Waals surface area (Å²) in [6, 6.07) is 7.44. The van der Waals surface area contributed by atoms with E-state index in [-0.39, 0.29) is 17.8 Å². The first kappa shape index (κ1) is 11.6. The molecule has 1 heterocycles. The maximum Gasteiger partial charge on any atom is 0.142 e. The number of hydrogen-bond acceptors (Lipinski definition) is 2. The van der Waals surface area contributed by atoms with E-state index in [0.717, 1.165) is 12.0 Å². The van der Waals surface area contributed by atoms with Crippen LogP contribution >= 0.6 is 11.6 Å². The van der Waals surface area contributed by atoms with Crippen molar-refractivity contribution in [3.05, 3.63) is 34.9 Å². The van der Waals surface area contributed by atoms with Crippen LogP contribution in [0.15, 0.2) is 24.3 Å². The van der Waals surface area contributed by atoms with E-state index in [1.54, 1.807) is 0 Å². The summed E-state index contributed by atoms with van der Waals surface area (Å²) in [6.45, 7) is 2.68. The molecule has 0 bridgehead atoms. The Morgan fingerprint density at radius 2 is 2.12 bits per heavy atom. The summed E-state index contributed by atoms with van der Waals surface area (Å²) in [5, 5.41) is 0.703. The molecule has 0 aliphatic carbocycles. The zero-order valence-corrected chi connectivity index (χ0v) is 10.0. The zero-order valence-electron chi connectivity index (χ0n) is 9.28. The van der Waals surface area contributed by atoms with Gasteiger partial charge in [0.1, 0.15) is 5.78 Å². The van der Waals surface area contributed by atoms with Crippen LogP contribution in [0.2, 0.25) is 5.02 Å². The van der Waals surface area contributed by atoms with Crippen molar-refractivity contribution in [1.29, 1.82) is 0 Å². The Labute approximate surface area is 101 Å². The lowest BCUT2D eigenvalue weighted by molar-refractivity contribution is -0.123. The van der Waals surface area contributed by atoms with E-state index in [1.807, 2.05) is 31.2 Å². The molecule has 0 saturated carbocycles. The van der Waals surface area contributed by atoms with Crippen LogP contribution in [-0.4, -0.2) is 18.5 Å². The van der Waals surface area contributed by atoms with Gasteiger partial charge in [-0.25, -0.2) is 0 Å². The third kappa shape index (κ3) is 2.63. The minimum Gasteiger partial charge on any atom is -0.378 e. The standard InChI is InChI=1S/C13H15ClO2/c1-9-12(6-7-16-9)13(15)8-10-2-4-11(14)5-3-10/h2-5,9,12H,6-8H2,1H3. The summed E-state index contributed by atoms with van der Waals surface area (Å²) in [6.07, 6.45) is 1.41. The molecule has 1 aliphatic heterocycles. The first-order valence-electron chi connectivity index (χ1n) is 5.55. The molecule has 1 aliphatic rings. The highest BCUT2D eigenvalue weighted by atomic mass is 35.5. The van der Waals surface area contributed by atoms with Gasteiger partial charge in [-0.15, -0.1) is 0 Å². The highest BCUT2D eigenvalue weighted by Crippen LogP contribution is 2.23. The lowest BCUT2D eigenvalue weighted by Crippen LogP contribution is -2.23. The van der Waals surface area contributed by atoms with E-state index in [9.17, 15) is 4.79 Å². The van der Waals surface area contributed by atoms with Crippen LogP contribution < -0.4 is 0 Å². The number of carbonyl (C=O) groups is 1. The van der Waals surface area contributed by atoms with Crippen molar-refractivity contribution in [1.82, 2.24) is 0 Å². The molecule has 2 atom stereocenters. The fraction of sp³-hybridized carbons (Fsp3) is 0.462. The van der Waals surface area contributed by atoms with Gasteiger partial charge >= 0.3 is 0 Å². The molecule has 2 nitrogen and oxygen atoms in total. The fourth-order valence-corrected chi connectivity index (χ4v) is 2.22. The summed E-state index contributed by atoms with van der Waals surface area (Å²) in [7, 11) is 0. The van der Waals surface area contributed by atoms with E-state index in [2.05, 4.69) is 0 Å². The van der Waals surface area contributed by atoms with Crippen LogP contribution in [0.4, 0.5) is 0 Å². The van der Waals surface area contributed by atoms with Gasteiger partial charge in [-0.05, 0) is 31.0 Å². The molecular weight excluding hydrogens is 224 g/mol. The van der Waals surface area contributed by atoms with Crippen molar-refractivity contribution in [3.63, 3.8) is 0 Å². The Morgan fingerprint density at radius 3 is 2.69 bits per heavy atom. The minimum atomic E-state index is 0.0654. The number of Topliss-reactive ketones (excluding diaryl/α,β-unsaturated/α-hetero) is 1. The van der Waals surface area contributed by atoms with Crippen molar-refractivity contribution in [3.8, 4) is 0 Å². The molecule has 1 aromatic rings. The molecule has 2 unspecified atom stereocenters. The van der Waals surface area contributed by atoms with Crippen LogP contribution in [0.25, 0.3) is 0 Å². The van der Waals surface area contributed by atoms with Crippen molar-refractivity contribution in [2.45, 2.75) is 25.9 Å². The summed E-state index contributed by atoms with van der Waals surface area (Å²) >= 11 is 5.79. The molecule has 0 aromatic heterocycles. The van der Waals surface area contributed by atoms with E-state index >= 15 is 0 Å². The second kappa shape index (κ2) is 4.98. The number of carbonyl (C=O) groups excluding carboxylic acids is 1. The fourth-order valence-electron chi connectivity index (χ4n) is 2.09. The number of ketones is 1. The number of rotatable bonds is 3. The third-order valence-electron chi connectivity index (χ3n) is 3.08. The van der Waals surface area contributed by atoms with Crippen LogP contribution in [0.1, 0.15) is 18.9 Å². The van der Waals surface area contributed by atoms with E-state index < -0.39 is 0 Å². The van der Waals surface area contributed by atoms with Crippen molar-refractivity contribution >= 4 is 17.4 Å². The highest BCUT2D eigenvalue weighted by Gasteiger charge is 2.30. The first-order valence-corrected chi connectivity index (χ1v) is 5.93. The van der Waals surface area contributed by atoms with Crippen LogP contribution in [0.3, 0.4) is 0 Å². The van der Waals surface area contributed by atoms with Gasteiger partial charge in [-0.1, -0.05) is 23.7 Å². The Morgan fingerprint density at radius 1 is 1.44 bits per heavy atom. The zero-order chi connectivity index (χ0) is 11.5. The molecule has 3 heteroatoms.